The predicted molar refractivity (Wildman–Crippen MR) is 104 cm³/mol. The molecule has 1 aromatic carbocycles. The molecule has 1 fully saturated rings. The molecule has 4 rings (SSSR count). The van der Waals surface area contributed by atoms with E-state index in [-0.39, 0.29) is 18.6 Å². The summed E-state index contributed by atoms with van der Waals surface area (Å²) in [7, 11) is 0. The monoisotopic (exact) mass is 364 g/mol. The van der Waals surface area contributed by atoms with Crippen LogP contribution in [0.15, 0.2) is 48.7 Å². The van der Waals surface area contributed by atoms with E-state index in [4.69, 9.17) is 9.72 Å². The van der Waals surface area contributed by atoms with Gasteiger partial charge in [0.1, 0.15) is 17.1 Å². The van der Waals surface area contributed by atoms with Gasteiger partial charge in [0.2, 0.25) is 0 Å². The Morgan fingerprint density at radius 2 is 2.07 bits per heavy atom. The van der Waals surface area contributed by atoms with Crippen molar-refractivity contribution in [1.29, 1.82) is 0 Å². The van der Waals surface area contributed by atoms with Crippen LogP contribution < -0.4 is 4.74 Å². The Morgan fingerprint density at radius 3 is 2.89 bits per heavy atom. The summed E-state index contributed by atoms with van der Waals surface area (Å²) in [5.41, 5.74) is 1.85. The molecule has 1 amide bonds. The number of hydrogen-bond donors (Lipinski definition) is 0. The number of imidazole rings is 1. The first-order valence-corrected chi connectivity index (χ1v) is 9.53. The summed E-state index contributed by atoms with van der Waals surface area (Å²) in [4.78, 5) is 23.8. The lowest BCUT2D eigenvalue weighted by molar-refractivity contribution is -0.132. The molecule has 1 atom stereocenters. The van der Waals surface area contributed by atoms with Gasteiger partial charge in [0, 0.05) is 25.7 Å². The van der Waals surface area contributed by atoms with Crippen LogP contribution in [-0.2, 0) is 11.2 Å². The van der Waals surface area contributed by atoms with Gasteiger partial charge in [0.15, 0.2) is 12.3 Å². The predicted octanol–water partition coefficient (Wildman–Crippen LogP) is 3.24. The quantitative estimate of drug-likeness (QED) is 0.674. The van der Waals surface area contributed by atoms with Crippen LogP contribution in [0, 0.1) is 0 Å². The molecular formula is C21H24N4O2. The van der Waals surface area contributed by atoms with Crippen LogP contribution in [-0.4, -0.2) is 45.0 Å². The van der Waals surface area contributed by atoms with Gasteiger partial charge in [-0.25, -0.2) is 9.97 Å². The van der Waals surface area contributed by atoms with Crippen LogP contribution in [0.5, 0.6) is 5.75 Å². The number of carbonyl (C=O) groups excluding carboxylic acids is 1. The number of benzene rings is 1. The van der Waals surface area contributed by atoms with Crippen molar-refractivity contribution >= 4 is 17.1 Å². The third kappa shape index (κ3) is 3.65. The van der Waals surface area contributed by atoms with E-state index < -0.39 is 0 Å². The van der Waals surface area contributed by atoms with Gasteiger partial charge in [0.05, 0.1) is 6.04 Å². The number of fused-ring (bicyclic) bond motifs is 1. The third-order valence-electron chi connectivity index (χ3n) is 4.98. The molecule has 6 nitrogen and oxygen atoms in total. The van der Waals surface area contributed by atoms with E-state index in [1.165, 1.54) is 0 Å². The maximum Gasteiger partial charge on any atom is 0.260 e. The van der Waals surface area contributed by atoms with Crippen LogP contribution in [0.3, 0.4) is 0 Å². The highest BCUT2D eigenvalue weighted by Gasteiger charge is 2.30. The molecular weight excluding hydrogens is 340 g/mol. The van der Waals surface area contributed by atoms with E-state index in [0.29, 0.717) is 6.54 Å². The van der Waals surface area contributed by atoms with E-state index >= 15 is 0 Å². The van der Waals surface area contributed by atoms with Crippen LogP contribution >= 0.6 is 0 Å². The van der Waals surface area contributed by atoms with Gasteiger partial charge >= 0.3 is 0 Å². The lowest BCUT2D eigenvalue weighted by atomic mass is 10.2. The van der Waals surface area contributed by atoms with E-state index in [1.54, 1.807) is 0 Å². The number of para-hydroxylation sites is 1. The second kappa shape index (κ2) is 7.78. The molecule has 0 aliphatic carbocycles. The molecule has 0 saturated carbocycles. The minimum absolute atomic E-state index is 0.0239. The average molecular weight is 364 g/mol. The molecule has 140 valence electrons. The van der Waals surface area contributed by atoms with Crippen molar-refractivity contribution in [3.8, 4) is 5.75 Å². The zero-order valence-corrected chi connectivity index (χ0v) is 15.5. The van der Waals surface area contributed by atoms with E-state index in [0.717, 1.165) is 48.5 Å². The van der Waals surface area contributed by atoms with Crippen LogP contribution in [0.2, 0.25) is 0 Å². The number of likely N-dealkylation sites (tertiary alicyclic amines) is 1. The zero-order valence-electron chi connectivity index (χ0n) is 15.5. The lowest BCUT2D eigenvalue weighted by Gasteiger charge is -2.19. The Bertz CT molecular complexity index is 922. The summed E-state index contributed by atoms with van der Waals surface area (Å²) in [5.74, 6) is 1.80. The fraction of sp³-hybridized carbons (Fsp3) is 0.381. The summed E-state index contributed by atoms with van der Waals surface area (Å²) in [5, 5.41) is 0. The SMILES string of the molecule is CCCc1nc2cccnc2n1[C@H]1CCN(C(=O)COc2ccccc2)C1. The molecule has 1 saturated heterocycles. The number of rotatable bonds is 6. The highest BCUT2D eigenvalue weighted by molar-refractivity contribution is 5.78. The first-order valence-electron chi connectivity index (χ1n) is 9.53. The molecule has 3 aromatic rings. The number of aromatic nitrogens is 3. The number of carbonyl (C=O) groups is 1. The van der Waals surface area contributed by atoms with Gasteiger partial charge in [-0.05, 0) is 37.1 Å². The number of hydrogen-bond acceptors (Lipinski definition) is 4. The van der Waals surface area contributed by atoms with Crippen LogP contribution in [0.1, 0.15) is 31.6 Å². The van der Waals surface area contributed by atoms with Gasteiger partial charge in [0.25, 0.3) is 5.91 Å². The smallest absolute Gasteiger partial charge is 0.260 e. The lowest BCUT2D eigenvalue weighted by Crippen LogP contribution is -2.33. The fourth-order valence-electron chi connectivity index (χ4n) is 3.69. The Hall–Kier alpha value is -2.89. The van der Waals surface area contributed by atoms with E-state index in [9.17, 15) is 4.79 Å². The first-order chi connectivity index (χ1) is 13.3. The zero-order chi connectivity index (χ0) is 18.6. The second-order valence-electron chi connectivity index (χ2n) is 6.88. The molecule has 6 heteroatoms. The molecule has 0 spiro atoms. The standard InChI is InChI=1S/C21H24N4O2/c1-2-7-19-23-18-10-6-12-22-21(18)25(19)16-11-13-24(14-16)20(26)15-27-17-8-4-3-5-9-17/h3-6,8-10,12,16H,2,7,11,13-15H2,1H3/t16-/m0/s1. The van der Waals surface area contributed by atoms with Crippen molar-refractivity contribution in [2.24, 2.45) is 0 Å². The summed E-state index contributed by atoms with van der Waals surface area (Å²) < 4.78 is 7.86. The van der Waals surface area contributed by atoms with Crippen LogP contribution in [0.4, 0.5) is 0 Å². The molecule has 0 unspecified atom stereocenters. The van der Waals surface area contributed by atoms with Crippen molar-refractivity contribution < 1.29 is 9.53 Å². The number of amides is 1. The number of aryl methyl sites for hydroxylation is 1. The Kier molecular flexibility index (Phi) is 5.05. The highest BCUT2D eigenvalue weighted by Crippen LogP contribution is 2.28. The average Bonchev–Trinajstić information content (AvgIpc) is 3.31. The fourth-order valence-corrected chi connectivity index (χ4v) is 3.69. The van der Waals surface area contributed by atoms with Crippen molar-refractivity contribution in [1.82, 2.24) is 19.4 Å². The third-order valence-corrected chi connectivity index (χ3v) is 4.98. The van der Waals surface area contributed by atoms with Gasteiger partial charge in [-0.3, -0.25) is 4.79 Å². The summed E-state index contributed by atoms with van der Waals surface area (Å²) in [6, 6.07) is 13.6. The van der Waals surface area contributed by atoms with Crippen molar-refractivity contribution in [3.63, 3.8) is 0 Å². The van der Waals surface area contributed by atoms with Gasteiger partial charge in [-0.1, -0.05) is 25.1 Å². The maximum atomic E-state index is 12.6. The van der Waals surface area contributed by atoms with Gasteiger partial charge < -0.3 is 14.2 Å². The Labute approximate surface area is 158 Å². The van der Waals surface area contributed by atoms with Crippen molar-refractivity contribution in [2.45, 2.75) is 32.2 Å². The van der Waals surface area contributed by atoms with E-state index in [1.807, 2.05) is 53.6 Å². The molecule has 27 heavy (non-hydrogen) atoms. The number of pyridine rings is 1. The molecule has 0 bridgehead atoms. The molecule has 1 aliphatic rings. The largest absolute Gasteiger partial charge is 0.484 e. The normalized spacial score (nSPS) is 16.8. The maximum absolute atomic E-state index is 12.6. The second-order valence-corrected chi connectivity index (χ2v) is 6.88. The minimum Gasteiger partial charge on any atom is -0.484 e. The summed E-state index contributed by atoms with van der Waals surface area (Å²) >= 11 is 0. The molecule has 0 N–H and O–H groups in total. The number of ether oxygens (including phenoxy) is 1. The highest BCUT2D eigenvalue weighted by atomic mass is 16.5. The Balaban J connectivity index is 1.47. The molecule has 0 radical (unpaired) electrons. The van der Waals surface area contributed by atoms with Gasteiger partial charge in [-0.2, -0.15) is 0 Å². The molecule has 1 aliphatic heterocycles. The molecule has 2 aromatic heterocycles. The minimum atomic E-state index is 0.0239. The van der Waals surface area contributed by atoms with E-state index in [2.05, 4.69) is 16.5 Å². The molecule has 3 heterocycles. The first kappa shape index (κ1) is 17.5. The van der Waals surface area contributed by atoms with Crippen molar-refractivity contribution in [3.05, 3.63) is 54.5 Å². The van der Waals surface area contributed by atoms with Gasteiger partial charge in [-0.15, -0.1) is 0 Å². The summed E-state index contributed by atoms with van der Waals surface area (Å²) in [6.45, 7) is 3.64. The van der Waals surface area contributed by atoms with Crippen LogP contribution in [0.25, 0.3) is 11.2 Å². The van der Waals surface area contributed by atoms with Crippen molar-refractivity contribution in [2.75, 3.05) is 19.7 Å². The number of nitrogens with zero attached hydrogens (tertiary/aromatic N) is 4. The summed E-state index contributed by atoms with van der Waals surface area (Å²) in [6.07, 6.45) is 4.67. The Morgan fingerprint density at radius 1 is 1.22 bits per heavy atom. The topological polar surface area (TPSA) is 60.2 Å².